The van der Waals surface area contributed by atoms with Crippen LogP contribution in [0.1, 0.15) is 39.0 Å². The first-order valence-corrected chi connectivity index (χ1v) is 5.01. The van der Waals surface area contributed by atoms with Crippen molar-refractivity contribution in [2.45, 2.75) is 39.0 Å². The van der Waals surface area contributed by atoms with Crippen LogP contribution < -0.4 is 0 Å². The topological polar surface area (TPSA) is 17.1 Å². The van der Waals surface area contributed by atoms with Crippen molar-refractivity contribution in [3.8, 4) is 0 Å². The molecule has 0 aromatic rings. The highest BCUT2D eigenvalue weighted by Crippen LogP contribution is 2.38. The minimum Gasteiger partial charge on any atom is -0.299 e. The fourth-order valence-electron chi connectivity index (χ4n) is 2.53. The van der Waals surface area contributed by atoms with E-state index in [4.69, 9.17) is 0 Å². The van der Waals surface area contributed by atoms with Gasteiger partial charge in [-0.3, -0.25) is 4.79 Å². The molecule has 0 spiro atoms. The maximum Gasteiger partial charge on any atom is 0.139 e. The predicted molar refractivity (Wildman–Crippen MR) is 48.8 cm³/mol. The molecule has 0 aromatic heterocycles. The van der Waals surface area contributed by atoms with Gasteiger partial charge in [-0.15, -0.1) is 0 Å². The molecule has 1 saturated carbocycles. The van der Waals surface area contributed by atoms with Crippen LogP contribution in [0, 0.1) is 11.8 Å². The Morgan fingerprint density at radius 3 is 3.08 bits per heavy atom. The zero-order chi connectivity index (χ0) is 8.55. The van der Waals surface area contributed by atoms with E-state index in [-0.39, 0.29) is 5.92 Å². The Labute approximate surface area is 73.8 Å². The van der Waals surface area contributed by atoms with Crippen LogP contribution in [0.4, 0.5) is 0 Å². The van der Waals surface area contributed by atoms with Gasteiger partial charge in [0.2, 0.25) is 0 Å². The third-order valence-electron chi connectivity index (χ3n) is 3.33. The third-order valence-corrected chi connectivity index (χ3v) is 3.33. The summed E-state index contributed by atoms with van der Waals surface area (Å²) in [6, 6.07) is 0. The van der Waals surface area contributed by atoms with E-state index in [0.717, 1.165) is 18.8 Å². The Kier molecular flexibility index (Phi) is 2.03. The van der Waals surface area contributed by atoms with Crippen LogP contribution in [-0.4, -0.2) is 5.78 Å². The van der Waals surface area contributed by atoms with Crippen LogP contribution >= 0.6 is 0 Å². The van der Waals surface area contributed by atoms with E-state index in [2.05, 4.69) is 13.0 Å². The number of allylic oxidation sites excluding steroid dienone is 2. The molecule has 2 atom stereocenters. The summed E-state index contributed by atoms with van der Waals surface area (Å²) in [6.07, 6.45) is 8.11. The summed E-state index contributed by atoms with van der Waals surface area (Å²) in [5.41, 5.74) is 1.46. The van der Waals surface area contributed by atoms with Gasteiger partial charge in [-0.05, 0) is 31.6 Å². The molecule has 0 saturated heterocycles. The molecule has 12 heavy (non-hydrogen) atoms. The fraction of sp³-hybridized carbons (Fsp3) is 0.727. The van der Waals surface area contributed by atoms with Crippen molar-refractivity contribution in [3.05, 3.63) is 11.6 Å². The molecule has 0 N–H and O–H groups in total. The molecule has 0 amide bonds. The maximum absolute atomic E-state index is 11.4. The Balaban J connectivity index is 2.22. The highest BCUT2D eigenvalue weighted by atomic mass is 16.1. The number of Topliss-reactive ketones (excluding diaryl/α,β-unsaturated/α-hetero) is 1. The van der Waals surface area contributed by atoms with Crippen molar-refractivity contribution < 1.29 is 4.79 Å². The largest absolute Gasteiger partial charge is 0.299 e. The van der Waals surface area contributed by atoms with Gasteiger partial charge in [0.25, 0.3) is 0 Å². The van der Waals surface area contributed by atoms with Crippen LogP contribution in [0.3, 0.4) is 0 Å². The van der Waals surface area contributed by atoms with Gasteiger partial charge >= 0.3 is 0 Å². The fourth-order valence-corrected chi connectivity index (χ4v) is 2.53. The standard InChI is InChI=1S/C11H16O/c1-8-10-5-3-2-4-9(10)6-7-11(8)12/h5,8-9H,2-4,6-7H2,1H3. The SMILES string of the molecule is CC1C(=O)CCC2CCCC=C21. The number of fused-ring (bicyclic) bond motifs is 1. The average molecular weight is 164 g/mol. The minimum absolute atomic E-state index is 0.240. The van der Waals surface area contributed by atoms with Gasteiger partial charge in [0.05, 0.1) is 0 Å². The molecule has 0 aliphatic heterocycles. The van der Waals surface area contributed by atoms with E-state index < -0.39 is 0 Å². The molecule has 1 nitrogen and oxygen atoms in total. The maximum atomic E-state index is 11.4. The van der Waals surface area contributed by atoms with Gasteiger partial charge in [-0.25, -0.2) is 0 Å². The van der Waals surface area contributed by atoms with E-state index in [9.17, 15) is 4.79 Å². The van der Waals surface area contributed by atoms with Gasteiger partial charge in [-0.1, -0.05) is 18.6 Å². The smallest absolute Gasteiger partial charge is 0.139 e. The lowest BCUT2D eigenvalue weighted by Gasteiger charge is -2.32. The molecule has 2 unspecified atom stereocenters. The molecule has 66 valence electrons. The van der Waals surface area contributed by atoms with Gasteiger partial charge in [0.15, 0.2) is 0 Å². The van der Waals surface area contributed by atoms with Gasteiger partial charge in [-0.2, -0.15) is 0 Å². The first kappa shape index (κ1) is 8.03. The van der Waals surface area contributed by atoms with Crippen molar-refractivity contribution in [2.24, 2.45) is 11.8 Å². The van der Waals surface area contributed by atoms with E-state index >= 15 is 0 Å². The molecule has 1 heteroatoms. The van der Waals surface area contributed by atoms with Gasteiger partial charge < -0.3 is 0 Å². The summed E-state index contributed by atoms with van der Waals surface area (Å²) in [5.74, 6) is 1.45. The number of carbonyl (C=O) groups is 1. The van der Waals surface area contributed by atoms with E-state index in [1.165, 1.54) is 24.8 Å². The van der Waals surface area contributed by atoms with Crippen molar-refractivity contribution >= 4 is 5.78 Å². The second-order valence-corrected chi connectivity index (χ2v) is 4.06. The van der Waals surface area contributed by atoms with Crippen molar-refractivity contribution in [2.75, 3.05) is 0 Å². The molecule has 2 rings (SSSR count). The van der Waals surface area contributed by atoms with Crippen molar-refractivity contribution in [1.82, 2.24) is 0 Å². The summed E-state index contributed by atoms with van der Waals surface area (Å²) in [5, 5.41) is 0. The second kappa shape index (κ2) is 3.04. The Morgan fingerprint density at radius 1 is 1.42 bits per heavy atom. The first-order chi connectivity index (χ1) is 5.79. The summed E-state index contributed by atoms with van der Waals surface area (Å²) in [6.45, 7) is 2.08. The van der Waals surface area contributed by atoms with Gasteiger partial charge in [0.1, 0.15) is 5.78 Å². The number of hydrogen-bond acceptors (Lipinski definition) is 1. The quantitative estimate of drug-likeness (QED) is 0.503. The monoisotopic (exact) mass is 164 g/mol. The lowest BCUT2D eigenvalue weighted by Crippen LogP contribution is -2.27. The highest BCUT2D eigenvalue weighted by Gasteiger charge is 2.30. The number of carbonyl (C=O) groups excluding carboxylic acids is 1. The molecule has 0 heterocycles. The molecular formula is C11H16O. The average Bonchev–Trinajstić information content (AvgIpc) is 2.12. The highest BCUT2D eigenvalue weighted by molar-refractivity contribution is 5.84. The van der Waals surface area contributed by atoms with E-state index in [0.29, 0.717) is 5.78 Å². The zero-order valence-corrected chi connectivity index (χ0v) is 7.68. The Bertz CT molecular complexity index is 227. The second-order valence-electron chi connectivity index (χ2n) is 4.06. The van der Waals surface area contributed by atoms with Crippen LogP contribution in [0.2, 0.25) is 0 Å². The molecule has 2 aliphatic rings. The molecule has 2 aliphatic carbocycles. The molecule has 0 aromatic carbocycles. The first-order valence-electron chi connectivity index (χ1n) is 5.01. The lowest BCUT2D eigenvalue weighted by atomic mass is 9.72. The summed E-state index contributed by atoms with van der Waals surface area (Å²) >= 11 is 0. The van der Waals surface area contributed by atoms with Crippen LogP contribution in [0.15, 0.2) is 11.6 Å². The number of hydrogen-bond donors (Lipinski definition) is 0. The van der Waals surface area contributed by atoms with Crippen molar-refractivity contribution in [3.63, 3.8) is 0 Å². The van der Waals surface area contributed by atoms with E-state index in [1.807, 2.05) is 0 Å². The van der Waals surface area contributed by atoms with Crippen LogP contribution in [0.25, 0.3) is 0 Å². The molecule has 1 fully saturated rings. The predicted octanol–water partition coefficient (Wildman–Crippen LogP) is 2.71. The molecular weight excluding hydrogens is 148 g/mol. The van der Waals surface area contributed by atoms with Crippen LogP contribution in [0.5, 0.6) is 0 Å². The Hall–Kier alpha value is -0.590. The number of rotatable bonds is 0. The van der Waals surface area contributed by atoms with E-state index in [1.54, 1.807) is 0 Å². The molecule has 0 bridgehead atoms. The number of ketones is 1. The Morgan fingerprint density at radius 2 is 2.25 bits per heavy atom. The lowest BCUT2D eigenvalue weighted by molar-refractivity contribution is -0.123. The summed E-state index contributed by atoms with van der Waals surface area (Å²) in [7, 11) is 0. The van der Waals surface area contributed by atoms with Crippen molar-refractivity contribution in [1.29, 1.82) is 0 Å². The third kappa shape index (κ3) is 1.21. The molecule has 0 radical (unpaired) electrons. The minimum atomic E-state index is 0.240. The normalized spacial score (nSPS) is 35.8. The zero-order valence-electron chi connectivity index (χ0n) is 7.68. The summed E-state index contributed by atoms with van der Waals surface area (Å²) in [4.78, 5) is 11.4. The van der Waals surface area contributed by atoms with Gasteiger partial charge in [0, 0.05) is 12.3 Å². The summed E-state index contributed by atoms with van der Waals surface area (Å²) < 4.78 is 0. The van der Waals surface area contributed by atoms with Crippen LogP contribution in [-0.2, 0) is 4.79 Å².